The number of rotatable bonds is 4. The minimum atomic E-state index is -0.774. The molecule has 0 aliphatic rings. The van der Waals surface area contributed by atoms with Crippen LogP contribution in [0.3, 0.4) is 0 Å². The number of hydrogen-bond donors (Lipinski definition) is 2. The third-order valence-electron chi connectivity index (χ3n) is 3.18. The Morgan fingerprint density at radius 3 is 2.50 bits per heavy atom. The highest BCUT2D eigenvalue weighted by atomic mass is 16.5. The molecule has 0 unspecified atom stereocenters. The highest BCUT2D eigenvalue weighted by Crippen LogP contribution is 2.18. The van der Waals surface area contributed by atoms with Gasteiger partial charge in [-0.05, 0) is 24.3 Å². The normalized spacial score (nSPS) is 11.0. The van der Waals surface area contributed by atoms with Crippen LogP contribution < -0.4 is 16.0 Å². The molecule has 0 atom stereocenters. The molecule has 1 aromatic carbocycles. The smallest absolute Gasteiger partial charge is 0.335 e. The first-order valence-electron chi connectivity index (χ1n) is 6.72. The van der Waals surface area contributed by atoms with Crippen LogP contribution in [0.15, 0.2) is 51.6 Å². The van der Waals surface area contributed by atoms with Gasteiger partial charge in [0.05, 0.1) is 19.0 Å². The molecule has 10 heteroatoms. The van der Waals surface area contributed by atoms with Crippen LogP contribution in [0.25, 0.3) is 5.69 Å². The van der Waals surface area contributed by atoms with E-state index in [0.29, 0.717) is 11.4 Å². The SMILES string of the molecule is COc1ccc(-n2c(O)c(C=Nn3cnnc3)c(=O)[nH]c2=O)cc1. The Morgan fingerprint density at radius 2 is 1.88 bits per heavy atom. The minimum Gasteiger partial charge on any atom is -0.497 e. The number of nitrogens with one attached hydrogen (secondary N) is 1. The van der Waals surface area contributed by atoms with Crippen molar-refractivity contribution in [2.75, 3.05) is 7.11 Å². The van der Waals surface area contributed by atoms with Gasteiger partial charge in [0.1, 0.15) is 24.0 Å². The molecule has 2 aromatic heterocycles. The van der Waals surface area contributed by atoms with E-state index in [1.807, 2.05) is 0 Å². The average molecular weight is 328 g/mol. The molecule has 0 radical (unpaired) electrons. The monoisotopic (exact) mass is 328 g/mol. The molecule has 0 fully saturated rings. The van der Waals surface area contributed by atoms with Gasteiger partial charge in [0.25, 0.3) is 5.56 Å². The van der Waals surface area contributed by atoms with Crippen molar-refractivity contribution >= 4 is 6.21 Å². The van der Waals surface area contributed by atoms with Crippen LogP contribution in [0.2, 0.25) is 0 Å². The molecule has 3 rings (SSSR count). The van der Waals surface area contributed by atoms with E-state index < -0.39 is 17.1 Å². The zero-order valence-corrected chi connectivity index (χ0v) is 12.4. The fraction of sp³-hybridized carbons (Fsp3) is 0.0714. The van der Waals surface area contributed by atoms with Gasteiger partial charge in [-0.25, -0.2) is 14.0 Å². The summed E-state index contributed by atoms with van der Waals surface area (Å²) in [5.41, 5.74) is -1.36. The number of aromatic amines is 1. The summed E-state index contributed by atoms with van der Waals surface area (Å²) in [4.78, 5) is 26.1. The number of ether oxygens (including phenoxy) is 1. The van der Waals surface area contributed by atoms with Crippen molar-refractivity contribution in [3.05, 3.63) is 63.3 Å². The van der Waals surface area contributed by atoms with Crippen LogP contribution in [-0.2, 0) is 0 Å². The van der Waals surface area contributed by atoms with Crippen LogP contribution >= 0.6 is 0 Å². The Balaban J connectivity index is 2.11. The summed E-state index contributed by atoms with van der Waals surface area (Å²) >= 11 is 0. The Labute approximate surface area is 134 Å². The standard InChI is InChI=1S/C14H12N6O4/c1-24-10-4-2-9(3-5-10)20-13(22)11(12(21)18-14(20)23)6-17-19-7-15-16-8-19/h2-8,22H,1H3,(H,18,21,23). The van der Waals surface area contributed by atoms with Gasteiger partial charge in [0.15, 0.2) is 0 Å². The maximum absolute atomic E-state index is 12.0. The third kappa shape index (κ3) is 2.79. The average Bonchev–Trinajstić information content (AvgIpc) is 3.08. The predicted molar refractivity (Wildman–Crippen MR) is 83.9 cm³/mol. The van der Waals surface area contributed by atoms with Gasteiger partial charge in [-0.3, -0.25) is 9.78 Å². The van der Waals surface area contributed by atoms with Crippen molar-refractivity contribution in [2.24, 2.45) is 5.10 Å². The Hall–Kier alpha value is -3.69. The Morgan fingerprint density at radius 1 is 1.21 bits per heavy atom. The van der Waals surface area contributed by atoms with Crippen molar-refractivity contribution < 1.29 is 9.84 Å². The molecule has 3 aromatic rings. The second kappa shape index (κ2) is 6.20. The molecule has 0 saturated heterocycles. The molecule has 24 heavy (non-hydrogen) atoms. The molecular formula is C14H12N6O4. The molecule has 10 nitrogen and oxygen atoms in total. The highest BCUT2D eigenvalue weighted by Gasteiger charge is 2.14. The second-order valence-electron chi connectivity index (χ2n) is 4.62. The summed E-state index contributed by atoms with van der Waals surface area (Å²) < 4.78 is 7.24. The van der Waals surface area contributed by atoms with Crippen molar-refractivity contribution in [3.8, 4) is 17.3 Å². The molecule has 0 bridgehead atoms. The first kappa shape index (κ1) is 15.2. The molecule has 0 spiro atoms. The van der Waals surface area contributed by atoms with Crippen LogP contribution in [0.1, 0.15) is 5.56 Å². The number of H-pyrrole nitrogens is 1. The molecule has 0 saturated carbocycles. The van der Waals surface area contributed by atoms with E-state index in [0.717, 1.165) is 10.8 Å². The lowest BCUT2D eigenvalue weighted by molar-refractivity contribution is 0.414. The highest BCUT2D eigenvalue weighted by molar-refractivity contribution is 5.82. The van der Waals surface area contributed by atoms with Crippen molar-refractivity contribution in [2.45, 2.75) is 0 Å². The van der Waals surface area contributed by atoms with Crippen molar-refractivity contribution in [3.63, 3.8) is 0 Å². The number of methoxy groups -OCH3 is 1. The molecule has 0 amide bonds. The minimum absolute atomic E-state index is 0.181. The van der Waals surface area contributed by atoms with E-state index in [-0.39, 0.29) is 5.56 Å². The van der Waals surface area contributed by atoms with E-state index in [1.165, 1.54) is 24.4 Å². The topological polar surface area (TPSA) is 127 Å². The van der Waals surface area contributed by atoms with Gasteiger partial charge in [-0.2, -0.15) is 5.10 Å². The van der Waals surface area contributed by atoms with E-state index >= 15 is 0 Å². The van der Waals surface area contributed by atoms with E-state index in [9.17, 15) is 14.7 Å². The summed E-state index contributed by atoms with van der Waals surface area (Å²) in [6, 6.07) is 6.38. The summed E-state index contributed by atoms with van der Waals surface area (Å²) in [6.07, 6.45) is 3.72. The summed E-state index contributed by atoms with van der Waals surface area (Å²) in [6.45, 7) is 0. The number of aromatic nitrogens is 5. The Kier molecular flexibility index (Phi) is 3.93. The maximum atomic E-state index is 12.0. The van der Waals surface area contributed by atoms with E-state index in [2.05, 4.69) is 20.3 Å². The molecule has 122 valence electrons. The molecule has 0 aliphatic carbocycles. The summed E-state index contributed by atoms with van der Waals surface area (Å²) in [5.74, 6) is 0.0517. The van der Waals surface area contributed by atoms with Crippen molar-refractivity contribution in [1.29, 1.82) is 0 Å². The van der Waals surface area contributed by atoms with E-state index in [4.69, 9.17) is 4.74 Å². The zero-order valence-electron chi connectivity index (χ0n) is 12.4. The molecule has 0 aliphatic heterocycles. The zero-order chi connectivity index (χ0) is 17.1. The van der Waals surface area contributed by atoms with Gasteiger partial charge in [-0.15, -0.1) is 10.2 Å². The van der Waals surface area contributed by atoms with Gasteiger partial charge in [0, 0.05) is 0 Å². The van der Waals surface area contributed by atoms with Crippen LogP contribution in [0.5, 0.6) is 11.6 Å². The quantitative estimate of drug-likeness (QED) is 0.634. The Bertz CT molecular complexity index is 986. The molecule has 2 N–H and O–H groups in total. The second-order valence-corrected chi connectivity index (χ2v) is 4.62. The summed E-state index contributed by atoms with van der Waals surface area (Å²) in [5, 5.41) is 21.4. The van der Waals surface area contributed by atoms with Crippen LogP contribution in [0, 0.1) is 0 Å². The number of benzene rings is 1. The van der Waals surface area contributed by atoms with Crippen LogP contribution in [-0.4, -0.2) is 42.9 Å². The van der Waals surface area contributed by atoms with Gasteiger partial charge in [-0.1, -0.05) is 0 Å². The lowest BCUT2D eigenvalue weighted by Crippen LogP contribution is -2.31. The van der Waals surface area contributed by atoms with Crippen molar-refractivity contribution in [1.82, 2.24) is 24.4 Å². The number of hydrogen-bond acceptors (Lipinski definition) is 7. The van der Waals surface area contributed by atoms with Gasteiger partial charge >= 0.3 is 5.69 Å². The number of aromatic hydroxyl groups is 1. The molecular weight excluding hydrogens is 316 g/mol. The third-order valence-corrected chi connectivity index (χ3v) is 3.18. The molecule has 2 heterocycles. The van der Waals surface area contributed by atoms with Crippen LogP contribution in [0.4, 0.5) is 0 Å². The van der Waals surface area contributed by atoms with E-state index in [1.54, 1.807) is 24.3 Å². The fourth-order valence-corrected chi connectivity index (χ4v) is 2.01. The lowest BCUT2D eigenvalue weighted by atomic mass is 10.2. The predicted octanol–water partition coefficient (Wildman–Crippen LogP) is -0.286. The lowest BCUT2D eigenvalue weighted by Gasteiger charge is -2.10. The fourth-order valence-electron chi connectivity index (χ4n) is 2.01. The summed E-state index contributed by atoms with van der Waals surface area (Å²) in [7, 11) is 1.51. The largest absolute Gasteiger partial charge is 0.497 e. The number of nitrogens with zero attached hydrogens (tertiary/aromatic N) is 5. The van der Waals surface area contributed by atoms with Gasteiger partial charge in [0.2, 0.25) is 5.88 Å². The van der Waals surface area contributed by atoms with Gasteiger partial charge < -0.3 is 9.84 Å². The first-order valence-corrected chi connectivity index (χ1v) is 6.72. The first-order chi connectivity index (χ1) is 11.6. The maximum Gasteiger partial charge on any atom is 0.335 e.